The molecule has 0 unspecified atom stereocenters. The van der Waals surface area contributed by atoms with Gasteiger partial charge in [-0.3, -0.25) is 9.52 Å². The largest absolute Gasteiger partial charge is 0.508 e. The second-order valence-electron chi connectivity index (χ2n) is 7.43. The third-order valence-electron chi connectivity index (χ3n) is 5.08. The van der Waals surface area contributed by atoms with Crippen molar-refractivity contribution < 1.29 is 28.5 Å². The molecule has 0 radical (unpaired) electrons. The standard InChI is InChI=1S/C23H18BrN3O6S/c24-14-5-7-17(8-6-14)34(32,33)27-20-12-21(22(30)19-4-2-1-3-18(19)20)25-26-23(31)13-9-15(28)11-16(29)10-13/h1-2,5-12,27-30H,3-4H2. The van der Waals surface area contributed by atoms with Gasteiger partial charge in [0, 0.05) is 16.1 Å². The molecule has 11 heteroatoms. The number of benzene rings is 3. The highest BCUT2D eigenvalue weighted by Crippen LogP contribution is 2.41. The highest BCUT2D eigenvalue weighted by Gasteiger charge is 2.23. The summed E-state index contributed by atoms with van der Waals surface area (Å²) in [6, 6.07) is 10.7. The molecule has 34 heavy (non-hydrogen) atoms. The molecule has 0 fully saturated rings. The Hall–Kier alpha value is -3.70. The van der Waals surface area contributed by atoms with Gasteiger partial charge in [0.05, 0.1) is 16.1 Å². The van der Waals surface area contributed by atoms with Gasteiger partial charge in [0.25, 0.3) is 15.9 Å². The molecule has 3 aromatic rings. The zero-order valence-electron chi connectivity index (χ0n) is 17.4. The van der Waals surface area contributed by atoms with Crippen molar-refractivity contribution in [3.63, 3.8) is 0 Å². The fraction of sp³-hybridized carbons (Fsp3) is 0.0870. The SMILES string of the molecule is O=C(N=Nc1cc(NS(=O)(=O)c2ccc(Br)cc2)c2c(c1O)CC=CC2)c1cc(O)cc(O)c1. The molecule has 0 spiro atoms. The molecule has 3 aromatic carbocycles. The predicted molar refractivity (Wildman–Crippen MR) is 128 cm³/mol. The Morgan fingerprint density at radius 2 is 1.53 bits per heavy atom. The summed E-state index contributed by atoms with van der Waals surface area (Å²) >= 11 is 3.27. The van der Waals surface area contributed by atoms with Crippen LogP contribution in [0.5, 0.6) is 17.2 Å². The number of fused-ring (bicyclic) bond motifs is 1. The highest BCUT2D eigenvalue weighted by molar-refractivity contribution is 9.10. The van der Waals surface area contributed by atoms with E-state index in [9.17, 15) is 28.5 Å². The minimum Gasteiger partial charge on any atom is -0.508 e. The van der Waals surface area contributed by atoms with Gasteiger partial charge in [-0.2, -0.15) is 0 Å². The summed E-state index contributed by atoms with van der Waals surface area (Å²) in [5.74, 6) is -1.75. The van der Waals surface area contributed by atoms with E-state index in [1.54, 1.807) is 12.1 Å². The van der Waals surface area contributed by atoms with E-state index in [0.717, 1.165) is 22.7 Å². The number of hydrogen-bond acceptors (Lipinski definition) is 7. The molecule has 174 valence electrons. The molecule has 4 N–H and O–H groups in total. The topological polar surface area (TPSA) is 149 Å². The maximum Gasteiger partial charge on any atom is 0.295 e. The fourth-order valence-corrected chi connectivity index (χ4v) is 4.82. The van der Waals surface area contributed by atoms with Gasteiger partial charge in [-0.05, 0) is 60.9 Å². The van der Waals surface area contributed by atoms with Crippen molar-refractivity contribution in [1.29, 1.82) is 0 Å². The Bertz CT molecular complexity index is 1430. The summed E-state index contributed by atoms with van der Waals surface area (Å²) in [4.78, 5) is 12.4. The Morgan fingerprint density at radius 1 is 0.912 bits per heavy atom. The van der Waals surface area contributed by atoms with Crippen molar-refractivity contribution in [2.24, 2.45) is 10.2 Å². The van der Waals surface area contributed by atoms with E-state index >= 15 is 0 Å². The van der Waals surface area contributed by atoms with Gasteiger partial charge >= 0.3 is 0 Å². The lowest BCUT2D eigenvalue weighted by atomic mass is 9.93. The number of aromatic hydroxyl groups is 3. The molecule has 4 rings (SSSR count). The third-order valence-corrected chi connectivity index (χ3v) is 6.99. The zero-order chi connectivity index (χ0) is 24.5. The smallest absolute Gasteiger partial charge is 0.295 e. The molecule has 0 bridgehead atoms. The van der Waals surface area contributed by atoms with Crippen LogP contribution in [-0.2, 0) is 22.9 Å². The number of anilines is 1. The van der Waals surface area contributed by atoms with E-state index < -0.39 is 15.9 Å². The van der Waals surface area contributed by atoms with Gasteiger partial charge in [0.15, 0.2) is 0 Å². The summed E-state index contributed by atoms with van der Waals surface area (Å²) < 4.78 is 29.2. The van der Waals surface area contributed by atoms with Crippen LogP contribution >= 0.6 is 15.9 Å². The first kappa shape index (κ1) is 23.5. The number of hydrogen-bond donors (Lipinski definition) is 4. The molecule has 0 aromatic heterocycles. The lowest BCUT2D eigenvalue weighted by Gasteiger charge is -2.19. The van der Waals surface area contributed by atoms with E-state index in [1.165, 1.54) is 18.2 Å². The number of nitrogens with zero attached hydrogens (tertiary/aromatic N) is 2. The summed E-state index contributed by atoms with van der Waals surface area (Å²) in [7, 11) is -3.95. The van der Waals surface area contributed by atoms with Gasteiger partial charge < -0.3 is 15.3 Å². The average molecular weight is 544 g/mol. The van der Waals surface area contributed by atoms with Crippen molar-refractivity contribution >= 4 is 43.2 Å². The minimum absolute atomic E-state index is 0.0472. The van der Waals surface area contributed by atoms with Gasteiger partial charge in [-0.15, -0.1) is 10.2 Å². The van der Waals surface area contributed by atoms with Gasteiger partial charge in [-0.25, -0.2) is 8.42 Å². The van der Waals surface area contributed by atoms with Crippen molar-refractivity contribution in [2.45, 2.75) is 17.7 Å². The summed E-state index contributed by atoms with van der Waals surface area (Å²) in [5.41, 5.74) is 1.04. The predicted octanol–water partition coefficient (Wildman–Crippen LogP) is 4.95. The Labute approximate surface area is 203 Å². The van der Waals surface area contributed by atoms with Crippen LogP contribution in [0, 0.1) is 0 Å². The second-order valence-corrected chi connectivity index (χ2v) is 10.0. The molecular weight excluding hydrogens is 526 g/mol. The van der Waals surface area contributed by atoms with Crippen LogP contribution < -0.4 is 4.72 Å². The minimum atomic E-state index is -3.95. The van der Waals surface area contributed by atoms with Crippen molar-refractivity contribution in [3.8, 4) is 17.2 Å². The lowest BCUT2D eigenvalue weighted by molar-refractivity contribution is 0.0994. The maximum atomic E-state index is 12.9. The Balaban J connectivity index is 1.72. The number of azo groups is 1. The van der Waals surface area contributed by atoms with E-state index in [4.69, 9.17) is 0 Å². The molecule has 0 atom stereocenters. The highest BCUT2D eigenvalue weighted by atomic mass is 79.9. The zero-order valence-corrected chi connectivity index (χ0v) is 19.8. The summed E-state index contributed by atoms with van der Waals surface area (Å²) in [6.45, 7) is 0. The first-order chi connectivity index (χ1) is 16.1. The number of phenols is 3. The summed E-state index contributed by atoms with van der Waals surface area (Å²) in [5, 5.41) is 37.2. The molecular formula is C23H18BrN3O6S. The Morgan fingerprint density at radius 3 is 2.18 bits per heavy atom. The first-order valence-corrected chi connectivity index (χ1v) is 12.2. The van der Waals surface area contributed by atoms with E-state index in [1.807, 2.05) is 12.2 Å². The third kappa shape index (κ3) is 4.95. The van der Waals surface area contributed by atoms with Crippen LogP contribution in [0.4, 0.5) is 11.4 Å². The van der Waals surface area contributed by atoms with E-state index in [-0.39, 0.29) is 39.1 Å². The Kier molecular flexibility index (Phi) is 6.40. The number of nitrogens with one attached hydrogen (secondary N) is 1. The number of allylic oxidation sites excluding steroid dienone is 2. The van der Waals surface area contributed by atoms with Crippen LogP contribution in [-0.4, -0.2) is 29.6 Å². The molecule has 0 aliphatic heterocycles. The second kappa shape index (κ2) is 9.27. The fourth-order valence-electron chi connectivity index (χ4n) is 3.47. The van der Waals surface area contributed by atoms with E-state index in [2.05, 4.69) is 30.9 Å². The van der Waals surface area contributed by atoms with Crippen molar-refractivity contribution in [2.75, 3.05) is 4.72 Å². The van der Waals surface area contributed by atoms with Gasteiger partial charge in [0.1, 0.15) is 22.9 Å². The summed E-state index contributed by atoms with van der Waals surface area (Å²) in [6.07, 6.45) is 4.42. The number of carbonyl (C=O) groups is 1. The van der Waals surface area contributed by atoms with E-state index in [0.29, 0.717) is 24.0 Å². The van der Waals surface area contributed by atoms with Gasteiger partial charge in [-0.1, -0.05) is 28.1 Å². The monoisotopic (exact) mass is 543 g/mol. The quantitative estimate of drug-likeness (QED) is 0.203. The van der Waals surface area contributed by atoms with Crippen molar-refractivity contribution in [1.82, 2.24) is 0 Å². The number of phenolic OH excluding ortho intramolecular Hbond substituents is 3. The van der Waals surface area contributed by atoms with Crippen LogP contribution in [0.15, 0.2) is 80.3 Å². The number of halogens is 1. The molecule has 1 aliphatic rings. The molecule has 0 saturated carbocycles. The van der Waals surface area contributed by atoms with Crippen LogP contribution in [0.1, 0.15) is 21.5 Å². The molecule has 0 saturated heterocycles. The molecule has 1 aliphatic carbocycles. The van der Waals surface area contributed by atoms with Gasteiger partial charge in [0.2, 0.25) is 0 Å². The number of amides is 1. The molecule has 1 amide bonds. The molecule has 0 heterocycles. The number of rotatable bonds is 5. The average Bonchev–Trinajstić information content (AvgIpc) is 2.79. The maximum absolute atomic E-state index is 12.9. The van der Waals surface area contributed by atoms with Crippen LogP contribution in [0.3, 0.4) is 0 Å². The number of carbonyl (C=O) groups excluding carboxylic acids is 1. The van der Waals surface area contributed by atoms with Crippen LogP contribution in [0.25, 0.3) is 0 Å². The van der Waals surface area contributed by atoms with Crippen LogP contribution in [0.2, 0.25) is 0 Å². The normalized spacial score (nSPS) is 13.1. The first-order valence-electron chi connectivity index (χ1n) is 9.94. The van der Waals surface area contributed by atoms with Crippen molar-refractivity contribution in [3.05, 3.63) is 81.8 Å². The lowest BCUT2D eigenvalue weighted by Crippen LogP contribution is -2.15. The number of sulfonamides is 1. The molecule has 9 nitrogen and oxygen atoms in total.